The Hall–Kier alpha value is -3.10. The van der Waals surface area contributed by atoms with E-state index in [2.05, 4.69) is 0 Å². The predicted octanol–water partition coefficient (Wildman–Crippen LogP) is 2.41. The number of hydrogen-bond donors (Lipinski definition) is 2. The van der Waals surface area contributed by atoms with Crippen molar-refractivity contribution in [2.45, 2.75) is 19.6 Å². The highest BCUT2D eigenvalue weighted by molar-refractivity contribution is 5.89. The molecule has 0 aromatic heterocycles. The van der Waals surface area contributed by atoms with E-state index >= 15 is 0 Å². The van der Waals surface area contributed by atoms with Crippen LogP contribution >= 0.6 is 0 Å². The van der Waals surface area contributed by atoms with Crippen molar-refractivity contribution in [2.75, 3.05) is 13.6 Å². The molecular formula is C19H16O8. The maximum absolute atomic E-state index is 11.5. The Kier molecular flexibility index (Phi) is 4.43. The third-order valence-electron chi connectivity index (χ3n) is 4.45. The summed E-state index contributed by atoms with van der Waals surface area (Å²) in [7, 11) is 0. The van der Waals surface area contributed by atoms with Crippen molar-refractivity contribution < 1.29 is 38.7 Å². The zero-order valence-electron chi connectivity index (χ0n) is 14.2. The van der Waals surface area contributed by atoms with E-state index < -0.39 is 11.9 Å². The molecule has 8 nitrogen and oxygen atoms in total. The minimum atomic E-state index is -1.06. The van der Waals surface area contributed by atoms with Crippen LogP contribution in [0.4, 0.5) is 0 Å². The van der Waals surface area contributed by atoms with Crippen molar-refractivity contribution in [3.05, 3.63) is 57.6 Å². The summed E-state index contributed by atoms with van der Waals surface area (Å²) < 4.78 is 21.7. The molecule has 27 heavy (non-hydrogen) atoms. The van der Waals surface area contributed by atoms with Crippen LogP contribution in [-0.2, 0) is 29.1 Å². The van der Waals surface area contributed by atoms with E-state index in [9.17, 15) is 19.8 Å². The van der Waals surface area contributed by atoms with Crippen molar-refractivity contribution in [3.63, 3.8) is 0 Å². The largest absolute Gasteiger partial charge is 0.478 e. The zero-order valence-corrected chi connectivity index (χ0v) is 14.2. The molecule has 0 unspecified atom stereocenters. The fourth-order valence-electron chi connectivity index (χ4n) is 3.31. The van der Waals surface area contributed by atoms with E-state index in [4.69, 9.17) is 18.9 Å². The Bertz CT molecular complexity index is 858. The predicted molar refractivity (Wildman–Crippen MR) is 90.2 cm³/mol. The van der Waals surface area contributed by atoms with Gasteiger partial charge in [-0.2, -0.15) is 0 Å². The van der Waals surface area contributed by atoms with Gasteiger partial charge in [0.05, 0.1) is 24.3 Å². The number of carboxylic acids is 2. The lowest BCUT2D eigenvalue weighted by Gasteiger charge is -2.24. The molecular weight excluding hydrogens is 356 g/mol. The maximum atomic E-state index is 11.5. The molecule has 0 amide bonds. The van der Waals surface area contributed by atoms with Gasteiger partial charge in [-0.15, -0.1) is 0 Å². The summed E-state index contributed by atoms with van der Waals surface area (Å²) in [6, 6.07) is 6.11. The molecule has 0 saturated carbocycles. The average Bonchev–Trinajstić information content (AvgIpc) is 2.67. The molecule has 4 rings (SSSR count). The Morgan fingerprint density at radius 2 is 1.22 bits per heavy atom. The number of aromatic carboxylic acids is 2. The van der Waals surface area contributed by atoms with E-state index in [0.29, 0.717) is 33.8 Å². The second kappa shape index (κ2) is 6.90. The molecule has 2 heterocycles. The first-order chi connectivity index (χ1) is 13.0. The molecule has 2 aromatic carbocycles. The third-order valence-corrected chi connectivity index (χ3v) is 4.45. The minimum absolute atomic E-state index is 0.0734. The van der Waals surface area contributed by atoms with Crippen LogP contribution in [0.3, 0.4) is 0 Å². The van der Waals surface area contributed by atoms with Crippen LogP contribution < -0.4 is 9.47 Å². The van der Waals surface area contributed by atoms with Crippen LogP contribution in [0.2, 0.25) is 0 Å². The van der Waals surface area contributed by atoms with Crippen LogP contribution in [0, 0.1) is 0 Å². The number of carbonyl (C=O) groups is 2. The number of ether oxygens (including phenoxy) is 4. The van der Waals surface area contributed by atoms with Crippen molar-refractivity contribution in [1.82, 2.24) is 0 Å². The molecule has 2 aliphatic heterocycles. The van der Waals surface area contributed by atoms with Crippen LogP contribution in [0.15, 0.2) is 24.3 Å². The Balaban J connectivity index is 1.82. The van der Waals surface area contributed by atoms with E-state index in [1.54, 1.807) is 0 Å². The summed E-state index contributed by atoms with van der Waals surface area (Å²) in [6.45, 7) is 0.649. The molecule has 0 fully saturated rings. The molecule has 0 aliphatic carbocycles. The van der Waals surface area contributed by atoms with E-state index in [1.807, 2.05) is 0 Å². The summed E-state index contributed by atoms with van der Waals surface area (Å²) in [5.41, 5.74) is 2.78. The van der Waals surface area contributed by atoms with Crippen molar-refractivity contribution in [3.8, 4) is 11.5 Å². The molecule has 8 heteroatoms. The average molecular weight is 372 g/mol. The van der Waals surface area contributed by atoms with Crippen LogP contribution in [0.5, 0.6) is 11.5 Å². The molecule has 2 N–H and O–H groups in total. The smallest absolute Gasteiger partial charge is 0.335 e. The number of carboxylic acid groups (broad SMARTS) is 2. The summed E-state index contributed by atoms with van der Waals surface area (Å²) >= 11 is 0. The lowest BCUT2D eigenvalue weighted by Crippen LogP contribution is -2.17. The van der Waals surface area contributed by atoms with Crippen molar-refractivity contribution in [2.24, 2.45) is 0 Å². The lowest BCUT2D eigenvalue weighted by atomic mass is 9.94. The van der Waals surface area contributed by atoms with E-state index in [-0.39, 0.29) is 44.3 Å². The number of benzene rings is 2. The van der Waals surface area contributed by atoms with Crippen LogP contribution in [0.1, 0.15) is 43.0 Å². The number of fused-ring (bicyclic) bond motifs is 2. The number of rotatable bonds is 4. The van der Waals surface area contributed by atoms with Gasteiger partial charge >= 0.3 is 11.9 Å². The summed E-state index contributed by atoms with van der Waals surface area (Å²) in [6.07, 6.45) is 0.257. The molecule has 0 saturated heterocycles. The Morgan fingerprint density at radius 1 is 0.778 bits per heavy atom. The van der Waals surface area contributed by atoms with Gasteiger partial charge in [0, 0.05) is 17.5 Å². The second-order valence-electron chi connectivity index (χ2n) is 6.26. The molecule has 0 spiro atoms. The van der Waals surface area contributed by atoms with Gasteiger partial charge in [0.1, 0.15) is 11.5 Å². The van der Waals surface area contributed by atoms with Gasteiger partial charge < -0.3 is 29.2 Å². The monoisotopic (exact) mass is 372 g/mol. The normalized spacial score (nSPS) is 15.1. The first-order valence-corrected chi connectivity index (χ1v) is 8.22. The fraction of sp³-hybridized carbons (Fsp3) is 0.263. The van der Waals surface area contributed by atoms with E-state index in [1.165, 1.54) is 24.3 Å². The standard InChI is InChI=1S/C19H16O8/c20-18(21)12-2-10(16-14(4-12)6-24-8-26-16)1-11-3-13(19(22)23)5-15-7-25-9-27-17(11)15/h2-5H,1,6-9H2,(H,20,21)(H,22,23). The van der Waals surface area contributed by atoms with Crippen molar-refractivity contribution >= 4 is 11.9 Å². The third kappa shape index (κ3) is 3.32. The lowest BCUT2D eigenvalue weighted by molar-refractivity contribution is -0.0177. The summed E-state index contributed by atoms with van der Waals surface area (Å²) in [5.74, 6) is -0.994. The fourth-order valence-corrected chi connectivity index (χ4v) is 3.31. The van der Waals surface area contributed by atoms with Gasteiger partial charge in [-0.25, -0.2) is 9.59 Å². The van der Waals surface area contributed by atoms with Gasteiger partial charge in [0.2, 0.25) is 0 Å². The van der Waals surface area contributed by atoms with Crippen molar-refractivity contribution in [1.29, 1.82) is 0 Å². The SMILES string of the molecule is O=C(O)c1cc2c(c(Cc3cc(C(=O)O)cc4c3OCOC4)c1)OCOC2. The van der Waals surface area contributed by atoms with Crippen LogP contribution in [0.25, 0.3) is 0 Å². The first-order valence-electron chi connectivity index (χ1n) is 8.22. The van der Waals surface area contributed by atoms with Gasteiger partial charge in [0.25, 0.3) is 0 Å². The highest BCUT2D eigenvalue weighted by Gasteiger charge is 2.23. The molecule has 0 atom stereocenters. The van der Waals surface area contributed by atoms with E-state index in [0.717, 1.165) is 0 Å². The summed E-state index contributed by atoms with van der Waals surface area (Å²) in [4.78, 5) is 22.9. The summed E-state index contributed by atoms with van der Waals surface area (Å²) in [5, 5.41) is 18.8. The second-order valence-corrected chi connectivity index (χ2v) is 6.26. The van der Waals surface area contributed by atoms with Gasteiger partial charge in [0.15, 0.2) is 13.6 Å². The first kappa shape index (κ1) is 17.3. The molecule has 0 radical (unpaired) electrons. The Labute approximate surface area is 153 Å². The Morgan fingerprint density at radius 3 is 1.63 bits per heavy atom. The zero-order chi connectivity index (χ0) is 19.0. The molecule has 2 aliphatic rings. The number of hydrogen-bond acceptors (Lipinski definition) is 6. The highest BCUT2D eigenvalue weighted by Crippen LogP contribution is 2.36. The maximum Gasteiger partial charge on any atom is 0.335 e. The quantitative estimate of drug-likeness (QED) is 0.842. The molecule has 140 valence electrons. The highest BCUT2D eigenvalue weighted by atomic mass is 16.7. The van der Waals surface area contributed by atoms with Gasteiger partial charge in [-0.3, -0.25) is 0 Å². The topological polar surface area (TPSA) is 112 Å². The van der Waals surface area contributed by atoms with Gasteiger partial charge in [-0.05, 0) is 35.4 Å². The molecule has 2 aromatic rings. The van der Waals surface area contributed by atoms with Gasteiger partial charge in [-0.1, -0.05) is 0 Å². The van der Waals surface area contributed by atoms with Crippen LogP contribution in [-0.4, -0.2) is 35.7 Å². The molecule has 0 bridgehead atoms. The minimum Gasteiger partial charge on any atom is -0.478 e.